The smallest absolute Gasteiger partial charge is 0.422 e. The summed E-state index contributed by atoms with van der Waals surface area (Å²) in [5.74, 6) is -0.163. The van der Waals surface area contributed by atoms with Gasteiger partial charge in [0.1, 0.15) is 11.6 Å². The average Bonchev–Trinajstić information content (AvgIpc) is 3.18. The molecular formula is C25H24F4N2O2. The number of fused-ring (bicyclic) bond motifs is 2. The molecule has 8 heteroatoms. The first-order chi connectivity index (χ1) is 15.4. The zero-order valence-corrected chi connectivity index (χ0v) is 18.5. The van der Waals surface area contributed by atoms with E-state index in [4.69, 9.17) is 4.74 Å². The van der Waals surface area contributed by atoms with Crippen LogP contribution >= 0.6 is 0 Å². The van der Waals surface area contributed by atoms with Crippen molar-refractivity contribution in [2.75, 3.05) is 6.61 Å². The number of aromatic nitrogens is 1. The minimum Gasteiger partial charge on any atom is -0.493 e. The minimum atomic E-state index is -5.01. The molecule has 0 saturated carbocycles. The van der Waals surface area contributed by atoms with Crippen molar-refractivity contribution in [1.82, 2.24) is 4.98 Å². The van der Waals surface area contributed by atoms with E-state index in [1.54, 1.807) is 30.3 Å². The van der Waals surface area contributed by atoms with E-state index in [-0.39, 0.29) is 11.3 Å². The number of hydrogen-bond acceptors (Lipinski definition) is 4. The van der Waals surface area contributed by atoms with Crippen LogP contribution in [0.4, 0.5) is 23.2 Å². The van der Waals surface area contributed by atoms with Gasteiger partial charge in [-0.1, -0.05) is 19.9 Å². The molecule has 1 aliphatic heterocycles. The number of nitrogens with zero attached hydrogens (tertiary/aromatic N) is 2. The molecule has 3 aromatic rings. The third-order valence-corrected chi connectivity index (χ3v) is 5.95. The first-order valence-corrected chi connectivity index (χ1v) is 10.6. The molecule has 0 saturated heterocycles. The molecule has 0 amide bonds. The molecule has 1 unspecified atom stereocenters. The van der Waals surface area contributed by atoms with Crippen LogP contribution in [0.25, 0.3) is 10.9 Å². The van der Waals surface area contributed by atoms with Gasteiger partial charge in [0, 0.05) is 34.8 Å². The summed E-state index contributed by atoms with van der Waals surface area (Å²) >= 11 is 0. The zero-order valence-electron chi connectivity index (χ0n) is 18.5. The molecule has 0 aliphatic carbocycles. The molecule has 33 heavy (non-hydrogen) atoms. The number of aryl methyl sites for hydroxylation is 1. The molecule has 1 aliphatic rings. The molecule has 2 aromatic carbocycles. The van der Waals surface area contributed by atoms with Crippen LogP contribution in [0.2, 0.25) is 0 Å². The Labute approximate surface area is 188 Å². The van der Waals surface area contributed by atoms with Crippen LogP contribution in [0.3, 0.4) is 0 Å². The molecule has 4 rings (SSSR count). The summed E-state index contributed by atoms with van der Waals surface area (Å²) in [6.07, 6.45) is -4.77. The van der Waals surface area contributed by atoms with Gasteiger partial charge in [0.05, 0.1) is 17.8 Å². The average molecular weight is 460 g/mol. The molecule has 4 nitrogen and oxygen atoms in total. The van der Waals surface area contributed by atoms with Crippen molar-refractivity contribution in [3.8, 4) is 5.75 Å². The minimum absolute atomic E-state index is 0.260. The van der Waals surface area contributed by atoms with Gasteiger partial charge in [0.2, 0.25) is 0 Å². The number of aliphatic imine (C=N–C) groups is 1. The van der Waals surface area contributed by atoms with Gasteiger partial charge < -0.3 is 9.84 Å². The molecule has 1 N–H and O–H groups in total. The Morgan fingerprint density at radius 1 is 1.15 bits per heavy atom. The van der Waals surface area contributed by atoms with E-state index in [1.807, 2.05) is 6.92 Å². The van der Waals surface area contributed by atoms with Crippen LogP contribution in [-0.4, -0.2) is 34.7 Å². The summed E-state index contributed by atoms with van der Waals surface area (Å²) in [7, 11) is 0. The van der Waals surface area contributed by atoms with E-state index in [0.717, 1.165) is 5.69 Å². The van der Waals surface area contributed by atoms with E-state index in [2.05, 4.69) is 9.98 Å². The highest BCUT2D eigenvalue weighted by Crippen LogP contribution is 2.45. The molecule has 1 atom stereocenters. The number of halogens is 4. The molecule has 174 valence electrons. The summed E-state index contributed by atoms with van der Waals surface area (Å²) in [4.78, 5) is 8.39. The first-order valence-electron chi connectivity index (χ1n) is 10.6. The van der Waals surface area contributed by atoms with E-state index < -0.39 is 29.4 Å². The lowest BCUT2D eigenvalue weighted by molar-refractivity contribution is -0.234. The molecule has 0 radical (unpaired) electrons. The van der Waals surface area contributed by atoms with Crippen LogP contribution in [-0.2, 0) is 11.8 Å². The molecular weight excluding hydrogens is 436 g/mol. The largest absolute Gasteiger partial charge is 0.493 e. The number of ether oxygens (including phenoxy) is 1. The lowest BCUT2D eigenvalue weighted by atomic mass is 9.74. The van der Waals surface area contributed by atoms with Gasteiger partial charge in [-0.25, -0.2) is 4.39 Å². The topological polar surface area (TPSA) is 54.7 Å². The fraction of sp³-hybridized carbons (Fsp3) is 0.360. The second-order valence-electron chi connectivity index (χ2n) is 9.08. The number of rotatable bonds is 5. The van der Waals surface area contributed by atoms with Crippen molar-refractivity contribution >= 4 is 22.8 Å². The Morgan fingerprint density at radius 2 is 1.91 bits per heavy atom. The third kappa shape index (κ3) is 4.44. The Kier molecular flexibility index (Phi) is 5.68. The van der Waals surface area contributed by atoms with Gasteiger partial charge in [0.25, 0.3) is 0 Å². The quantitative estimate of drug-likeness (QED) is 0.376. The predicted octanol–water partition coefficient (Wildman–Crippen LogP) is 5.98. The highest BCUT2D eigenvalue weighted by molar-refractivity contribution is 5.92. The SMILES string of the molecule is Cc1ccc2c(N=CC(O)(CC(C)(C)c3cc(F)cc4c3OCC4)C(F)(F)F)cccc2n1. The molecule has 1 aromatic heterocycles. The van der Waals surface area contributed by atoms with E-state index in [0.29, 0.717) is 41.5 Å². The summed E-state index contributed by atoms with van der Waals surface area (Å²) in [6, 6.07) is 10.9. The van der Waals surface area contributed by atoms with E-state index >= 15 is 0 Å². The van der Waals surface area contributed by atoms with Crippen LogP contribution in [0, 0.1) is 12.7 Å². The first kappa shape index (κ1) is 23.2. The standard InChI is InChI=1S/C25H24F4N2O2/c1-15-7-8-18-20(5-4-6-21(18)31-15)30-14-24(32,25(27,28)29)13-23(2,3)19-12-17(26)11-16-9-10-33-22(16)19/h4-8,11-12,14,32H,9-10,13H2,1-3H3. The second kappa shape index (κ2) is 8.09. The van der Waals surface area contributed by atoms with Crippen LogP contribution < -0.4 is 4.74 Å². The Morgan fingerprint density at radius 3 is 2.64 bits per heavy atom. The van der Waals surface area contributed by atoms with Crippen molar-refractivity contribution < 1.29 is 27.4 Å². The van der Waals surface area contributed by atoms with E-state index in [9.17, 15) is 22.7 Å². The number of alkyl halides is 3. The maximum Gasteiger partial charge on any atom is 0.422 e. The highest BCUT2D eigenvalue weighted by atomic mass is 19.4. The fourth-order valence-electron chi connectivity index (χ4n) is 4.29. The molecule has 0 spiro atoms. The third-order valence-electron chi connectivity index (χ3n) is 5.95. The van der Waals surface area contributed by atoms with Crippen LogP contribution in [0.15, 0.2) is 47.5 Å². The van der Waals surface area contributed by atoms with Gasteiger partial charge in [-0.05, 0) is 55.2 Å². The lowest BCUT2D eigenvalue weighted by Gasteiger charge is -2.36. The normalized spacial score (nSPS) is 16.1. The molecule has 2 heterocycles. The monoisotopic (exact) mass is 460 g/mol. The van der Waals surface area contributed by atoms with Crippen molar-refractivity contribution in [2.45, 2.75) is 50.8 Å². The number of benzene rings is 2. The van der Waals surface area contributed by atoms with Crippen molar-refractivity contribution in [2.24, 2.45) is 4.99 Å². The Balaban J connectivity index is 1.74. The van der Waals surface area contributed by atoms with Gasteiger partial charge in [0.15, 0.2) is 5.60 Å². The fourth-order valence-corrected chi connectivity index (χ4v) is 4.29. The second-order valence-corrected chi connectivity index (χ2v) is 9.08. The Hall–Kier alpha value is -3.00. The molecule has 0 bridgehead atoms. The van der Waals surface area contributed by atoms with Gasteiger partial charge >= 0.3 is 6.18 Å². The lowest BCUT2D eigenvalue weighted by Crippen LogP contribution is -2.50. The van der Waals surface area contributed by atoms with Gasteiger partial charge in [-0.2, -0.15) is 13.2 Å². The number of pyridine rings is 1. The van der Waals surface area contributed by atoms with E-state index in [1.165, 1.54) is 26.0 Å². The Bertz CT molecular complexity index is 1240. The number of hydrogen-bond donors (Lipinski definition) is 1. The zero-order chi connectivity index (χ0) is 24.0. The predicted molar refractivity (Wildman–Crippen MR) is 119 cm³/mol. The molecule has 0 fully saturated rings. The van der Waals surface area contributed by atoms with Gasteiger partial charge in [-0.3, -0.25) is 9.98 Å². The maximum atomic E-state index is 14.2. The van der Waals surface area contributed by atoms with Crippen LogP contribution in [0.1, 0.15) is 37.1 Å². The summed E-state index contributed by atoms with van der Waals surface area (Å²) < 4.78 is 62.1. The van der Waals surface area contributed by atoms with Crippen LogP contribution in [0.5, 0.6) is 5.75 Å². The summed E-state index contributed by atoms with van der Waals surface area (Å²) in [5, 5.41) is 11.4. The van der Waals surface area contributed by atoms with Gasteiger partial charge in [-0.15, -0.1) is 0 Å². The summed E-state index contributed by atoms with van der Waals surface area (Å²) in [6.45, 7) is 5.20. The van der Waals surface area contributed by atoms with Crippen molar-refractivity contribution in [1.29, 1.82) is 0 Å². The summed E-state index contributed by atoms with van der Waals surface area (Å²) in [5.41, 5.74) is -2.01. The maximum absolute atomic E-state index is 14.2. The highest BCUT2D eigenvalue weighted by Gasteiger charge is 2.55. The van der Waals surface area contributed by atoms with Crippen molar-refractivity contribution in [3.05, 3.63) is 65.1 Å². The van der Waals surface area contributed by atoms with Crippen molar-refractivity contribution in [3.63, 3.8) is 0 Å². The number of aliphatic hydroxyl groups is 1.